The number of hydrogen-bond acceptors (Lipinski definition) is 3. The lowest BCUT2D eigenvalue weighted by Crippen LogP contribution is -2.26. The summed E-state index contributed by atoms with van der Waals surface area (Å²) in [6, 6.07) is 12.3. The van der Waals surface area contributed by atoms with E-state index in [1.807, 2.05) is 24.3 Å². The standard InChI is InChI=1S/C16H18N2O2/c1-11-9-12(7-8-15(11)19)16(20)18(2)10-13-5-3-4-6-14(13)17/h3-9,19H,10,17H2,1-2H3. The van der Waals surface area contributed by atoms with Gasteiger partial charge in [-0.1, -0.05) is 18.2 Å². The summed E-state index contributed by atoms with van der Waals surface area (Å²) in [6.07, 6.45) is 0. The molecular weight excluding hydrogens is 252 g/mol. The zero-order chi connectivity index (χ0) is 14.7. The van der Waals surface area contributed by atoms with Gasteiger partial charge in [0, 0.05) is 24.8 Å². The van der Waals surface area contributed by atoms with Gasteiger partial charge in [0.05, 0.1) is 0 Å². The number of nitrogens with zero attached hydrogens (tertiary/aromatic N) is 1. The molecule has 0 aromatic heterocycles. The van der Waals surface area contributed by atoms with Crippen molar-refractivity contribution in [2.75, 3.05) is 12.8 Å². The van der Waals surface area contributed by atoms with E-state index in [-0.39, 0.29) is 11.7 Å². The fourth-order valence-corrected chi connectivity index (χ4v) is 2.01. The third kappa shape index (κ3) is 2.91. The molecule has 2 rings (SSSR count). The fraction of sp³-hybridized carbons (Fsp3) is 0.188. The number of para-hydroxylation sites is 1. The van der Waals surface area contributed by atoms with Gasteiger partial charge in [0.1, 0.15) is 5.75 Å². The van der Waals surface area contributed by atoms with Gasteiger partial charge in [-0.25, -0.2) is 0 Å². The van der Waals surface area contributed by atoms with E-state index in [9.17, 15) is 9.90 Å². The number of nitrogens with two attached hydrogens (primary N) is 1. The van der Waals surface area contributed by atoms with Crippen LogP contribution in [0.5, 0.6) is 5.75 Å². The SMILES string of the molecule is Cc1cc(C(=O)N(C)Cc2ccccc2N)ccc1O. The Morgan fingerprint density at radius 2 is 1.95 bits per heavy atom. The molecule has 0 fully saturated rings. The van der Waals surface area contributed by atoms with Crippen LogP contribution in [-0.2, 0) is 6.54 Å². The van der Waals surface area contributed by atoms with E-state index in [0.29, 0.717) is 23.4 Å². The second kappa shape index (κ2) is 5.65. The number of benzene rings is 2. The minimum absolute atomic E-state index is 0.101. The predicted molar refractivity (Wildman–Crippen MR) is 79.5 cm³/mol. The van der Waals surface area contributed by atoms with Gasteiger partial charge in [-0.15, -0.1) is 0 Å². The molecule has 0 radical (unpaired) electrons. The summed E-state index contributed by atoms with van der Waals surface area (Å²) in [5.74, 6) is 0.0906. The maximum absolute atomic E-state index is 12.3. The van der Waals surface area contributed by atoms with Crippen LogP contribution in [-0.4, -0.2) is 23.0 Å². The molecule has 0 spiro atoms. The number of nitrogen functional groups attached to an aromatic ring is 1. The third-order valence-corrected chi connectivity index (χ3v) is 3.25. The molecule has 0 atom stereocenters. The normalized spacial score (nSPS) is 10.3. The number of rotatable bonds is 3. The average molecular weight is 270 g/mol. The first-order chi connectivity index (χ1) is 9.49. The van der Waals surface area contributed by atoms with E-state index < -0.39 is 0 Å². The van der Waals surface area contributed by atoms with Crippen LogP contribution in [0.2, 0.25) is 0 Å². The van der Waals surface area contributed by atoms with Crippen molar-refractivity contribution >= 4 is 11.6 Å². The van der Waals surface area contributed by atoms with Crippen LogP contribution in [0.15, 0.2) is 42.5 Å². The lowest BCUT2D eigenvalue weighted by Gasteiger charge is -2.18. The molecule has 4 heteroatoms. The fourth-order valence-electron chi connectivity index (χ4n) is 2.01. The summed E-state index contributed by atoms with van der Waals surface area (Å²) in [7, 11) is 1.73. The van der Waals surface area contributed by atoms with Gasteiger partial charge >= 0.3 is 0 Å². The van der Waals surface area contributed by atoms with E-state index >= 15 is 0 Å². The van der Waals surface area contributed by atoms with Crippen LogP contribution in [0.25, 0.3) is 0 Å². The molecule has 0 saturated heterocycles. The van der Waals surface area contributed by atoms with Crippen molar-refractivity contribution in [3.63, 3.8) is 0 Å². The molecule has 2 aromatic rings. The highest BCUT2D eigenvalue weighted by Gasteiger charge is 2.13. The van der Waals surface area contributed by atoms with Crippen LogP contribution in [0.4, 0.5) is 5.69 Å². The summed E-state index contributed by atoms with van der Waals surface area (Å²) < 4.78 is 0. The summed E-state index contributed by atoms with van der Waals surface area (Å²) >= 11 is 0. The van der Waals surface area contributed by atoms with E-state index in [1.54, 1.807) is 31.0 Å². The van der Waals surface area contributed by atoms with Crippen LogP contribution < -0.4 is 5.73 Å². The van der Waals surface area contributed by atoms with Gasteiger partial charge in [0.25, 0.3) is 5.91 Å². The first kappa shape index (κ1) is 13.9. The molecule has 0 heterocycles. The highest BCUT2D eigenvalue weighted by molar-refractivity contribution is 5.94. The maximum Gasteiger partial charge on any atom is 0.253 e. The largest absolute Gasteiger partial charge is 0.508 e. The number of aromatic hydroxyl groups is 1. The van der Waals surface area contributed by atoms with E-state index in [4.69, 9.17) is 5.73 Å². The van der Waals surface area contributed by atoms with Crippen molar-refractivity contribution < 1.29 is 9.90 Å². The molecule has 20 heavy (non-hydrogen) atoms. The second-order valence-electron chi connectivity index (χ2n) is 4.86. The van der Waals surface area contributed by atoms with E-state index in [0.717, 1.165) is 5.56 Å². The molecule has 2 aromatic carbocycles. The molecule has 0 aliphatic carbocycles. The predicted octanol–water partition coefficient (Wildman–Crippen LogP) is 2.56. The van der Waals surface area contributed by atoms with Crippen molar-refractivity contribution in [1.29, 1.82) is 0 Å². The third-order valence-electron chi connectivity index (χ3n) is 3.25. The van der Waals surface area contributed by atoms with Gasteiger partial charge in [-0.2, -0.15) is 0 Å². The average Bonchev–Trinajstić information content (AvgIpc) is 2.43. The molecule has 0 aliphatic heterocycles. The molecule has 3 N–H and O–H groups in total. The van der Waals surface area contributed by atoms with E-state index in [1.165, 1.54) is 6.07 Å². The Bertz CT molecular complexity index is 638. The summed E-state index contributed by atoms with van der Waals surface area (Å²) in [4.78, 5) is 13.9. The number of hydrogen-bond donors (Lipinski definition) is 2. The van der Waals surface area contributed by atoms with Crippen molar-refractivity contribution in [2.24, 2.45) is 0 Å². The smallest absolute Gasteiger partial charge is 0.253 e. The highest BCUT2D eigenvalue weighted by Crippen LogP contribution is 2.19. The highest BCUT2D eigenvalue weighted by atomic mass is 16.3. The van der Waals surface area contributed by atoms with Gasteiger partial charge in [-0.05, 0) is 42.3 Å². The molecule has 0 bridgehead atoms. The molecule has 0 aliphatic rings. The topological polar surface area (TPSA) is 66.6 Å². The van der Waals surface area contributed by atoms with Crippen molar-refractivity contribution in [3.8, 4) is 5.75 Å². The summed E-state index contributed by atoms with van der Waals surface area (Å²) in [6.45, 7) is 2.22. The number of anilines is 1. The Labute approximate surface area is 118 Å². The quantitative estimate of drug-likeness (QED) is 0.842. The Balaban J connectivity index is 2.16. The van der Waals surface area contributed by atoms with Crippen molar-refractivity contribution in [3.05, 3.63) is 59.2 Å². The van der Waals surface area contributed by atoms with Gasteiger partial charge in [0.15, 0.2) is 0 Å². The number of carbonyl (C=O) groups is 1. The van der Waals surface area contributed by atoms with Crippen LogP contribution in [0, 0.1) is 6.92 Å². The maximum atomic E-state index is 12.3. The van der Waals surface area contributed by atoms with Gasteiger partial charge < -0.3 is 15.7 Å². The Morgan fingerprint density at radius 3 is 2.60 bits per heavy atom. The Hall–Kier alpha value is -2.49. The molecule has 0 saturated carbocycles. The van der Waals surface area contributed by atoms with Crippen molar-refractivity contribution in [1.82, 2.24) is 4.90 Å². The zero-order valence-electron chi connectivity index (χ0n) is 11.6. The van der Waals surface area contributed by atoms with Crippen LogP contribution in [0.3, 0.4) is 0 Å². The minimum Gasteiger partial charge on any atom is -0.508 e. The van der Waals surface area contributed by atoms with Gasteiger partial charge in [-0.3, -0.25) is 4.79 Å². The number of phenolic OH excluding ortho intramolecular Hbond substituents is 1. The summed E-state index contributed by atoms with van der Waals surface area (Å²) in [5.41, 5.74) is 8.71. The Morgan fingerprint density at radius 1 is 1.25 bits per heavy atom. The molecular formula is C16H18N2O2. The monoisotopic (exact) mass is 270 g/mol. The van der Waals surface area contributed by atoms with Crippen LogP contribution in [0.1, 0.15) is 21.5 Å². The summed E-state index contributed by atoms with van der Waals surface area (Å²) in [5, 5.41) is 9.49. The van der Waals surface area contributed by atoms with E-state index in [2.05, 4.69) is 0 Å². The lowest BCUT2D eigenvalue weighted by atomic mass is 10.1. The number of aryl methyl sites for hydroxylation is 1. The molecule has 0 unspecified atom stereocenters. The first-order valence-corrected chi connectivity index (χ1v) is 6.37. The minimum atomic E-state index is -0.101. The molecule has 4 nitrogen and oxygen atoms in total. The first-order valence-electron chi connectivity index (χ1n) is 6.37. The number of amides is 1. The van der Waals surface area contributed by atoms with Crippen molar-refractivity contribution in [2.45, 2.75) is 13.5 Å². The van der Waals surface area contributed by atoms with Gasteiger partial charge in [0.2, 0.25) is 0 Å². The van der Waals surface area contributed by atoms with Crippen LogP contribution >= 0.6 is 0 Å². The number of carbonyl (C=O) groups excluding carboxylic acids is 1. The lowest BCUT2D eigenvalue weighted by molar-refractivity contribution is 0.0785. The second-order valence-corrected chi connectivity index (χ2v) is 4.86. The number of phenols is 1. The molecule has 104 valence electrons. The Kier molecular flexibility index (Phi) is 3.94. The molecule has 1 amide bonds. The zero-order valence-corrected chi connectivity index (χ0v) is 11.6.